The standard InChI is InChI=1S/C12H12N6/c13-7-9-4-5-14-12(15-9)16-11-6-10(17-18-11)8-2-1-3-8/h4-6,8H,1-3H2,(H2,14,15,16,17,18). The van der Waals surface area contributed by atoms with Crippen molar-refractivity contribution in [3.8, 4) is 6.07 Å². The van der Waals surface area contributed by atoms with Crippen LogP contribution in [0.4, 0.5) is 11.8 Å². The highest BCUT2D eigenvalue weighted by Gasteiger charge is 2.21. The van der Waals surface area contributed by atoms with Gasteiger partial charge in [0.1, 0.15) is 11.8 Å². The molecule has 0 aliphatic heterocycles. The van der Waals surface area contributed by atoms with Crippen molar-refractivity contribution < 1.29 is 0 Å². The van der Waals surface area contributed by atoms with Gasteiger partial charge in [0, 0.05) is 23.9 Å². The van der Waals surface area contributed by atoms with Crippen LogP contribution in [-0.4, -0.2) is 20.2 Å². The van der Waals surface area contributed by atoms with Crippen LogP contribution in [0.5, 0.6) is 0 Å². The van der Waals surface area contributed by atoms with Gasteiger partial charge in [-0.05, 0) is 18.9 Å². The van der Waals surface area contributed by atoms with Gasteiger partial charge in [-0.25, -0.2) is 9.97 Å². The molecule has 1 fully saturated rings. The van der Waals surface area contributed by atoms with Gasteiger partial charge < -0.3 is 5.32 Å². The van der Waals surface area contributed by atoms with Crippen LogP contribution in [-0.2, 0) is 0 Å². The van der Waals surface area contributed by atoms with Gasteiger partial charge in [0.2, 0.25) is 5.95 Å². The van der Waals surface area contributed by atoms with Crippen LogP contribution in [0.2, 0.25) is 0 Å². The van der Waals surface area contributed by atoms with E-state index in [0.29, 0.717) is 23.4 Å². The Labute approximate surface area is 104 Å². The number of hydrogen-bond acceptors (Lipinski definition) is 5. The molecular weight excluding hydrogens is 228 g/mol. The Morgan fingerprint density at radius 2 is 2.33 bits per heavy atom. The summed E-state index contributed by atoms with van der Waals surface area (Å²) in [7, 11) is 0. The van der Waals surface area contributed by atoms with E-state index in [1.807, 2.05) is 12.1 Å². The molecule has 1 aliphatic rings. The van der Waals surface area contributed by atoms with E-state index >= 15 is 0 Å². The highest BCUT2D eigenvalue weighted by molar-refractivity contribution is 5.48. The van der Waals surface area contributed by atoms with Crippen molar-refractivity contribution in [2.45, 2.75) is 25.2 Å². The Kier molecular flexibility index (Phi) is 2.65. The summed E-state index contributed by atoms with van der Waals surface area (Å²) in [5.41, 5.74) is 1.49. The Balaban J connectivity index is 1.75. The highest BCUT2D eigenvalue weighted by atomic mass is 15.2. The first-order chi connectivity index (χ1) is 8.85. The summed E-state index contributed by atoms with van der Waals surface area (Å²) in [6.07, 6.45) is 5.29. The second-order valence-electron chi connectivity index (χ2n) is 4.34. The van der Waals surface area contributed by atoms with E-state index in [4.69, 9.17) is 5.26 Å². The van der Waals surface area contributed by atoms with E-state index in [1.165, 1.54) is 19.3 Å². The van der Waals surface area contributed by atoms with Gasteiger partial charge in [0.15, 0.2) is 5.82 Å². The fourth-order valence-electron chi connectivity index (χ4n) is 1.92. The third-order valence-corrected chi connectivity index (χ3v) is 3.15. The summed E-state index contributed by atoms with van der Waals surface area (Å²) >= 11 is 0. The molecule has 6 nitrogen and oxygen atoms in total. The fraction of sp³-hybridized carbons (Fsp3) is 0.333. The average molecular weight is 240 g/mol. The molecular formula is C12H12N6. The quantitative estimate of drug-likeness (QED) is 0.857. The van der Waals surface area contributed by atoms with Crippen LogP contribution >= 0.6 is 0 Å². The molecule has 6 heteroatoms. The number of aromatic amines is 1. The molecule has 0 aromatic carbocycles. The van der Waals surface area contributed by atoms with E-state index in [9.17, 15) is 0 Å². The van der Waals surface area contributed by atoms with Crippen LogP contribution in [0.1, 0.15) is 36.6 Å². The van der Waals surface area contributed by atoms with E-state index in [1.54, 1.807) is 12.3 Å². The van der Waals surface area contributed by atoms with Gasteiger partial charge >= 0.3 is 0 Å². The number of anilines is 2. The lowest BCUT2D eigenvalue weighted by molar-refractivity contribution is 0.410. The van der Waals surface area contributed by atoms with Crippen LogP contribution < -0.4 is 5.32 Å². The molecule has 0 radical (unpaired) electrons. The summed E-state index contributed by atoms with van der Waals surface area (Å²) < 4.78 is 0. The van der Waals surface area contributed by atoms with E-state index in [0.717, 1.165) is 5.69 Å². The Morgan fingerprint density at radius 3 is 3.06 bits per heavy atom. The molecule has 90 valence electrons. The molecule has 2 aromatic rings. The molecule has 0 amide bonds. The zero-order valence-electron chi connectivity index (χ0n) is 9.72. The predicted octanol–water partition coefficient (Wildman–Crippen LogP) is 2.08. The molecule has 0 saturated heterocycles. The van der Waals surface area contributed by atoms with Crippen LogP contribution in [0.25, 0.3) is 0 Å². The van der Waals surface area contributed by atoms with Crippen molar-refractivity contribution in [1.29, 1.82) is 5.26 Å². The molecule has 2 aromatic heterocycles. The molecule has 1 saturated carbocycles. The zero-order valence-corrected chi connectivity index (χ0v) is 9.72. The minimum atomic E-state index is 0.335. The zero-order chi connectivity index (χ0) is 12.4. The first kappa shape index (κ1) is 10.7. The van der Waals surface area contributed by atoms with Gasteiger partial charge in [-0.15, -0.1) is 0 Å². The maximum atomic E-state index is 8.75. The average Bonchev–Trinajstić information content (AvgIpc) is 2.75. The van der Waals surface area contributed by atoms with Gasteiger partial charge in [0.05, 0.1) is 0 Å². The number of nitriles is 1. The number of rotatable bonds is 3. The first-order valence-electron chi connectivity index (χ1n) is 5.90. The topological polar surface area (TPSA) is 90.3 Å². The molecule has 3 rings (SSSR count). The smallest absolute Gasteiger partial charge is 0.229 e. The third-order valence-electron chi connectivity index (χ3n) is 3.15. The maximum absolute atomic E-state index is 8.75. The van der Waals surface area contributed by atoms with Crippen LogP contribution in [0, 0.1) is 11.3 Å². The third kappa shape index (κ3) is 2.02. The van der Waals surface area contributed by atoms with Gasteiger partial charge in [-0.2, -0.15) is 10.4 Å². The second kappa shape index (κ2) is 4.45. The van der Waals surface area contributed by atoms with E-state index in [-0.39, 0.29) is 0 Å². The molecule has 1 aliphatic carbocycles. The summed E-state index contributed by atoms with van der Waals surface area (Å²) in [5, 5.41) is 18.9. The minimum Gasteiger partial charge on any atom is -0.307 e. The monoisotopic (exact) mass is 240 g/mol. The lowest BCUT2D eigenvalue weighted by Gasteiger charge is -2.23. The Morgan fingerprint density at radius 1 is 1.44 bits per heavy atom. The second-order valence-corrected chi connectivity index (χ2v) is 4.34. The van der Waals surface area contributed by atoms with Crippen molar-refractivity contribution in [1.82, 2.24) is 20.2 Å². The van der Waals surface area contributed by atoms with Gasteiger partial charge in [0.25, 0.3) is 0 Å². The van der Waals surface area contributed by atoms with Crippen molar-refractivity contribution in [3.63, 3.8) is 0 Å². The molecule has 18 heavy (non-hydrogen) atoms. The van der Waals surface area contributed by atoms with Crippen LogP contribution in [0.3, 0.4) is 0 Å². The summed E-state index contributed by atoms with van der Waals surface area (Å²) in [5.74, 6) is 1.69. The number of hydrogen-bond donors (Lipinski definition) is 2. The predicted molar refractivity (Wildman–Crippen MR) is 65.2 cm³/mol. The first-order valence-corrected chi connectivity index (χ1v) is 5.90. The fourth-order valence-corrected chi connectivity index (χ4v) is 1.92. The van der Waals surface area contributed by atoms with Crippen molar-refractivity contribution in [3.05, 3.63) is 29.7 Å². The Bertz CT molecular complexity index is 593. The number of H-pyrrole nitrogens is 1. The number of aromatic nitrogens is 4. The summed E-state index contributed by atoms with van der Waals surface area (Å²) in [4.78, 5) is 8.08. The molecule has 0 spiro atoms. The van der Waals surface area contributed by atoms with Gasteiger partial charge in [-0.1, -0.05) is 6.42 Å². The SMILES string of the molecule is N#Cc1ccnc(Nc2cc(C3CCC3)[nH]n2)n1. The lowest BCUT2D eigenvalue weighted by Crippen LogP contribution is -2.08. The van der Waals surface area contributed by atoms with E-state index in [2.05, 4.69) is 25.5 Å². The summed E-state index contributed by atoms with van der Waals surface area (Å²) in [6, 6.07) is 5.52. The Hall–Kier alpha value is -2.42. The van der Waals surface area contributed by atoms with Gasteiger partial charge in [-0.3, -0.25) is 5.10 Å². The number of nitrogens with one attached hydrogen (secondary N) is 2. The summed E-state index contributed by atoms with van der Waals surface area (Å²) in [6.45, 7) is 0. The molecule has 0 unspecified atom stereocenters. The van der Waals surface area contributed by atoms with E-state index < -0.39 is 0 Å². The maximum Gasteiger partial charge on any atom is 0.229 e. The largest absolute Gasteiger partial charge is 0.307 e. The molecule has 0 atom stereocenters. The van der Waals surface area contributed by atoms with Crippen molar-refractivity contribution in [2.75, 3.05) is 5.32 Å². The van der Waals surface area contributed by atoms with Crippen molar-refractivity contribution >= 4 is 11.8 Å². The number of nitrogens with zero attached hydrogens (tertiary/aromatic N) is 4. The minimum absolute atomic E-state index is 0.335. The van der Waals surface area contributed by atoms with Crippen molar-refractivity contribution in [2.24, 2.45) is 0 Å². The normalized spacial score (nSPS) is 14.8. The molecule has 2 heterocycles. The highest BCUT2D eigenvalue weighted by Crippen LogP contribution is 2.35. The molecule has 0 bridgehead atoms. The lowest BCUT2D eigenvalue weighted by atomic mass is 9.83. The molecule has 2 N–H and O–H groups in total. The van der Waals surface area contributed by atoms with Crippen LogP contribution in [0.15, 0.2) is 18.3 Å².